The van der Waals surface area contributed by atoms with E-state index in [0.717, 1.165) is 15.1 Å². The van der Waals surface area contributed by atoms with Gasteiger partial charge in [0, 0.05) is 4.90 Å². The molecule has 0 spiro atoms. The van der Waals surface area contributed by atoms with Gasteiger partial charge in [0.25, 0.3) is 10.0 Å². The van der Waals surface area contributed by atoms with Crippen LogP contribution < -0.4 is 4.80 Å². The van der Waals surface area contributed by atoms with E-state index in [4.69, 9.17) is 4.74 Å². The van der Waals surface area contributed by atoms with E-state index in [2.05, 4.69) is 4.40 Å². The quantitative estimate of drug-likeness (QED) is 0.479. The number of carbonyl (C=O) groups is 1. The summed E-state index contributed by atoms with van der Waals surface area (Å²) in [5, 5.41) is 0. The molecule has 0 bridgehead atoms. The average molecular weight is 409 g/mol. The third kappa shape index (κ3) is 3.84. The van der Waals surface area contributed by atoms with Crippen LogP contribution >= 0.6 is 23.1 Å². The Labute approximate surface area is 159 Å². The highest BCUT2D eigenvalue weighted by Gasteiger charge is 2.16. The van der Waals surface area contributed by atoms with Crippen LogP contribution in [-0.4, -0.2) is 32.3 Å². The summed E-state index contributed by atoms with van der Waals surface area (Å²) < 4.78 is 36.4. The number of methoxy groups -OCH3 is 1. The minimum atomic E-state index is -3.88. The minimum Gasteiger partial charge on any atom is -0.468 e. The van der Waals surface area contributed by atoms with Crippen molar-refractivity contribution in [3.05, 3.63) is 53.3 Å². The number of ether oxygens (including phenoxy) is 1. The Morgan fingerprint density at radius 2 is 1.96 bits per heavy atom. The lowest BCUT2D eigenvalue weighted by atomic mass is 10.3. The van der Waals surface area contributed by atoms with Crippen LogP contribution in [0.4, 0.5) is 0 Å². The van der Waals surface area contributed by atoms with Crippen molar-refractivity contribution in [2.45, 2.75) is 16.3 Å². The molecular weight excluding hydrogens is 392 g/mol. The lowest BCUT2D eigenvalue weighted by molar-refractivity contribution is -0.141. The Kier molecular flexibility index (Phi) is 5.49. The first-order chi connectivity index (χ1) is 12.4. The molecule has 0 fully saturated rings. The van der Waals surface area contributed by atoms with Crippen molar-refractivity contribution in [2.75, 3.05) is 13.4 Å². The van der Waals surface area contributed by atoms with Crippen LogP contribution in [-0.2, 0) is 26.1 Å². The van der Waals surface area contributed by atoms with Crippen LogP contribution in [0.5, 0.6) is 0 Å². The molecule has 0 radical (unpaired) electrons. The van der Waals surface area contributed by atoms with E-state index in [0.29, 0.717) is 0 Å². The molecule has 0 atom stereocenters. The van der Waals surface area contributed by atoms with Crippen molar-refractivity contribution < 1.29 is 17.9 Å². The molecule has 9 heteroatoms. The number of aromatic nitrogens is 1. The number of fused-ring (bicyclic) bond motifs is 1. The Morgan fingerprint density at radius 1 is 1.23 bits per heavy atom. The standard InChI is InChI=1S/C17H16N2O4S3/c1-23-16(20)11-19-14-9-8-12(24-2)10-15(14)25-17(19)18-26(21,22)13-6-4-3-5-7-13/h3-10H,11H2,1-2H3/b18-17-. The van der Waals surface area contributed by atoms with Gasteiger partial charge in [-0.05, 0) is 36.6 Å². The van der Waals surface area contributed by atoms with Crippen LogP contribution in [0.1, 0.15) is 0 Å². The monoisotopic (exact) mass is 408 g/mol. The fourth-order valence-corrected chi connectivity index (χ4v) is 5.15. The lowest BCUT2D eigenvalue weighted by Crippen LogP contribution is -2.22. The van der Waals surface area contributed by atoms with Gasteiger partial charge in [0.15, 0.2) is 0 Å². The highest BCUT2D eigenvalue weighted by molar-refractivity contribution is 7.98. The van der Waals surface area contributed by atoms with E-state index in [-0.39, 0.29) is 16.2 Å². The minimum absolute atomic E-state index is 0.104. The maximum Gasteiger partial charge on any atom is 0.325 e. The number of nitrogens with zero attached hydrogens (tertiary/aromatic N) is 2. The summed E-state index contributed by atoms with van der Waals surface area (Å²) in [5.74, 6) is -0.475. The van der Waals surface area contributed by atoms with Gasteiger partial charge in [-0.15, -0.1) is 16.2 Å². The summed E-state index contributed by atoms with van der Waals surface area (Å²) in [6, 6.07) is 13.7. The van der Waals surface area contributed by atoms with Crippen molar-refractivity contribution in [1.82, 2.24) is 4.57 Å². The first-order valence-corrected chi connectivity index (χ1v) is 11.0. The van der Waals surface area contributed by atoms with Crippen molar-refractivity contribution in [2.24, 2.45) is 4.40 Å². The lowest BCUT2D eigenvalue weighted by Gasteiger charge is -2.04. The molecule has 0 aliphatic heterocycles. The van der Waals surface area contributed by atoms with E-state index in [1.54, 1.807) is 34.5 Å². The molecule has 2 aromatic carbocycles. The summed E-state index contributed by atoms with van der Waals surface area (Å²) in [5.41, 5.74) is 0.736. The molecule has 0 amide bonds. The Hall–Kier alpha value is -2.10. The van der Waals surface area contributed by atoms with Gasteiger partial charge < -0.3 is 9.30 Å². The molecule has 1 heterocycles. The van der Waals surface area contributed by atoms with Crippen LogP contribution in [0, 0.1) is 0 Å². The Morgan fingerprint density at radius 3 is 2.62 bits per heavy atom. The smallest absolute Gasteiger partial charge is 0.325 e. The predicted molar refractivity (Wildman–Crippen MR) is 103 cm³/mol. The molecule has 3 rings (SSSR count). The number of hydrogen-bond acceptors (Lipinski definition) is 6. The second kappa shape index (κ2) is 7.65. The second-order valence-electron chi connectivity index (χ2n) is 5.26. The van der Waals surface area contributed by atoms with Gasteiger partial charge >= 0.3 is 5.97 Å². The maximum absolute atomic E-state index is 12.6. The first-order valence-electron chi connectivity index (χ1n) is 7.55. The van der Waals surface area contributed by atoms with Crippen molar-refractivity contribution >= 4 is 49.3 Å². The second-order valence-corrected chi connectivity index (χ2v) is 8.75. The molecule has 6 nitrogen and oxygen atoms in total. The van der Waals surface area contributed by atoms with Gasteiger partial charge in [-0.3, -0.25) is 4.79 Å². The average Bonchev–Trinajstić information content (AvgIpc) is 2.97. The number of esters is 1. The summed E-state index contributed by atoms with van der Waals surface area (Å²) in [4.78, 5) is 13.2. The molecular formula is C17H16N2O4S3. The van der Waals surface area contributed by atoms with Crippen LogP contribution in [0.15, 0.2) is 62.7 Å². The summed E-state index contributed by atoms with van der Waals surface area (Å²) in [7, 11) is -2.59. The number of thiazole rings is 1. The number of carbonyl (C=O) groups excluding carboxylic acids is 1. The van der Waals surface area contributed by atoms with Crippen molar-refractivity contribution in [3.8, 4) is 0 Å². The molecule has 0 aliphatic carbocycles. The summed E-state index contributed by atoms with van der Waals surface area (Å²) in [6.45, 7) is -0.113. The highest BCUT2D eigenvalue weighted by atomic mass is 32.2. The SMILES string of the molecule is COC(=O)Cn1/c(=N/S(=O)(=O)c2ccccc2)sc2cc(SC)ccc21. The molecule has 136 valence electrons. The largest absolute Gasteiger partial charge is 0.468 e. The third-order valence-corrected chi connectivity index (χ3v) is 6.81. The Balaban J connectivity index is 2.23. The molecule has 26 heavy (non-hydrogen) atoms. The first kappa shape index (κ1) is 18.7. The molecule has 0 N–H and O–H groups in total. The van der Waals surface area contributed by atoms with E-state index < -0.39 is 16.0 Å². The number of thioether (sulfide) groups is 1. The van der Waals surface area contributed by atoms with Crippen molar-refractivity contribution in [3.63, 3.8) is 0 Å². The summed E-state index contributed by atoms with van der Waals surface area (Å²) in [6.07, 6.45) is 1.96. The van der Waals surface area contributed by atoms with Gasteiger partial charge in [0.2, 0.25) is 4.80 Å². The highest BCUT2D eigenvalue weighted by Crippen LogP contribution is 2.24. The van der Waals surface area contributed by atoms with E-state index >= 15 is 0 Å². The zero-order valence-electron chi connectivity index (χ0n) is 14.1. The zero-order chi connectivity index (χ0) is 18.7. The Bertz CT molecular complexity index is 1120. The van der Waals surface area contributed by atoms with Gasteiger partial charge in [-0.1, -0.05) is 29.5 Å². The van der Waals surface area contributed by atoms with Crippen LogP contribution in [0.25, 0.3) is 10.2 Å². The van der Waals surface area contributed by atoms with Gasteiger partial charge in [-0.2, -0.15) is 8.42 Å². The maximum atomic E-state index is 12.6. The van der Waals surface area contributed by atoms with Gasteiger partial charge in [0.1, 0.15) is 6.54 Å². The van der Waals surface area contributed by atoms with E-state index in [1.807, 2.05) is 24.5 Å². The molecule has 0 saturated carbocycles. The predicted octanol–water partition coefficient (Wildman–Crippen LogP) is 2.89. The third-order valence-electron chi connectivity index (χ3n) is 3.64. The van der Waals surface area contributed by atoms with Gasteiger partial charge in [-0.25, -0.2) is 0 Å². The normalized spacial score (nSPS) is 12.5. The van der Waals surface area contributed by atoms with E-state index in [9.17, 15) is 13.2 Å². The molecule has 3 aromatic rings. The topological polar surface area (TPSA) is 77.7 Å². The molecule has 0 aliphatic rings. The van der Waals surface area contributed by atoms with Crippen LogP contribution in [0.2, 0.25) is 0 Å². The molecule has 1 aromatic heterocycles. The molecule has 0 unspecified atom stereocenters. The number of hydrogen-bond donors (Lipinski definition) is 0. The number of rotatable bonds is 5. The number of benzene rings is 2. The molecule has 0 saturated heterocycles. The fourth-order valence-electron chi connectivity index (χ4n) is 2.34. The number of sulfonamides is 1. The summed E-state index contributed by atoms with van der Waals surface area (Å²) >= 11 is 2.81. The van der Waals surface area contributed by atoms with E-state index in [1.165, 1.54) is 30.6 Å². The van der Waals surface area contributed by atoms with Crippen LogP contribution in [0.3, 0.4) is 0 Å². The van der Waals surface area contributed by atoms with Crippen molar-refractivity contribution in [1.29, 1.82) is 0 Å². The zero-order valence-corrected chi connectivity index (χ0v) is 16.5. The fraction of sp³-hybridized carbons (Fsp3) is 0.176. The van der Waals surface area contributed by atoms with Gasteiger partial charge in [0.05, 0.1) is 22.2 Å².